The summed E-state index contributed by atoms with van der Waals surface area (Å²) in [5.74, 6) is 0.308. The first-order valence-corrected chi connectivity index (χ1v) is 9.15. The zero-order valence-electron chi connectivity index (χ0n) is 14.7. The van der Waals surface area contributed by atoms with Crippen molar-refractivity contribution in [2.24, 2.45) is 0 Å². The number of carbonyl (C=O) groups excluding carboxylic acids is 1. The van der Waals surface area contributed by atoms with Crippen molar-refractivity contribution in [2.75, 3.05) is 19.5 Å². The number of alkyl halides is 2. The molecule has 2 aromatic rings. The molecular formula is C16H17F2N3O6S. The van der Waals surface area contributed by atoms with Crippen LogP contribution < -0.4 is 19.5 Å². The summed E-state index contributed by atoms with van der Waals surface area (Å²) in [6, 6.07) is 6.10. The molecule has 1 aromatic carbocycles. The highest BCUT2D eigenvalue weighted by Gasteiger charge is 2.28. The number of hydrogen-bond acceptors (Lipinski definition) is 7. The van der Waals surface area contributed by atoms with Crippen LogP contribution in [-0.2, 0) is 10.0 Å². The summed E-state index contributed by atoms with van der Waals surface area (Å²) in [6.45, 7) is 0. The molecule has 1 atom stereocenters. The van der Waals surface area contributed by atoms with Crippen molar-refractivity contribution in [1.82, 2.24) is 9.71 Å². The lowest BCUT2D eigenvalue weighted by Gasteiger charge is -2.15. The van der Waals surface area contributed by atoms with Crippen LogP contribution >= 0.6 is 0 Å². The number of rotatable bonds is 7. The average Bonchev–Trinajstić information content (AvgIpc) is 2.66. The first-order chi connectivity index (χ1) is 13.2. The SMILES string of the molecule is COc1cc(NC(=O)NS(=O)(=O)c2ccccc2C(O)C(F)F)nc(OC)c1. The highest BCUT2D eigenvalue weighted by Crippen LogP contribution is 2.27. The Morgan fingerprint density at radius 3 is 2.46 bits per heavy atom. The average molecular weight is 417 g/mol. The van der Waals surface area contributed by atoms with E-state index in [4.69, 9.17) is 9.47 Å². The number of aliphatic hydroxyl groups is 1. The van der Waals surface area contributed by atoms with Crippen molar-refractivity contribution in [3.05, 3.63) is 42.0 Å². The molecule has 2 rings (SSSR count). The number of urea groups is 1. The van der Waals surface area contributed by atoms with E-state index in [1.54, 1.807) is 4.72 Å². The van der Waals surface area contributed by atoms with Crippen molar-refractivity contribution in [2.45, 2.75) is 17.4 Å². The van der Waals surface area contributed by atoms with Gasteiger partial charge in [-0.2, -0.15) is 4.98 Å². The normalized spacial score (nSPS) is 12.4. The summed E-state index contributed by atoms with van der Waals surface area (Å²) >= 11 is 0. The first-order valence-electron chi connectivity index (χ1n) is 7.67. The van der Waals surface area contributed by atoms with E-state index in [1.807, 2.05) is 0 Å². The number of nitrogens with zero attached hydrogens (tertiary/aromatic N) is 1. The van der Waals surface area contributed by atoms with E-state index >= 15 is 0 Å². The second-order valence-electron chi connectivity index (χ2n) is 5.31. The lowest BCUT2D eigenvalue weighted by atomic mass is 10.1. The Bertz CT molecular complexity index is 933. The van der Waals surface area contributed by atoms with E-state index in [-0.39, 0.29) is 17.4 Å². The number of sulfonamides is 1. The van der Waals surface area contributed by atoms with Crippen LogP contribution in [0.15, 0.2) is 41.3 Å². The molecule has 1 aromatic heterocycles. The third kappa shape index (κ3) is 5.04. The molecule has 0 spiro atoms. The van der Waals surface area contributed by atoms with E-state index in [1.165, 1.54) is 38.5 Å². The Morgan fingerprint density at radius 1 is 1.18 bits per heavy atom. The van der Waals surface area contributed by atoms with E-state index in [2.05, 4.69) is 10.3 Å². The van der Waals surface area contributed by atoms with Crippen LogP contribution in [-0.4, -0.2) is 45.2 Å². The number of amides is 2. The summed E-state index contributed by atoms with van der Waals surface area (Å²) in [6.07, 6.45) is -5.54. The number of methoxy groups -OCH3 is 2. The molecule has 0 radical (unpaired) electrons. The monoisotopic (exact) mass is 417 g/mol. The molecule has 0 aliphatic carbocycles. The fraction of sp³-hybridized carbons (Fsp3) is 0.250. The maximum absolute atomic E-state index is 12.8. The van der Waals surface area contributed by atoms with Crippen LogP contribution in [0.1, 0.15) is 11.7 Å². The Morgan fingerprint density at radius 2 is 1.86 bits per heavy atom. The van der Waals surface area contributed by atoms with Gasteiger partial charge in [0, 0.05) is 17.7 Å². The quantitative estimate of drug-likeness (QED) is 0.628. The van der Waals surface area contributed by atoms with Crippen LogP contribution in [0.5, 0.6) is 11.6 Å². The molecular weight excluding hydrogens is 400 g/mol. The van der Waals surface area contributed by atoms with Crippen molar-refractivity contribution >= 4 is 21.9 Å². The summed E-state index contributed by atoms with van der Waals surface area (Å²) in [4.78, 5) is 15.3. The molecule has 0 aliphatic heterocycles. The molecule has 152 valence electrons. The van der Waals surface area contributed by atoms with Crippen LogP contribution in [0.25, 0.3) is 0 Å². The van der Waals surface area contributed by atoms with Gasteiger partial charge in [-0.3, -0.25) is 5.32 Å². The number of anilines is 1. The molecule has 9 nitrogen and oxygen atoms in total. The molecule has 28 heavy (non-hydrogen) atoms. The number of hydrogen-bond donors (Lipinski definition) is 3. The molecule has 0 bridgehead atoms. The molecule has 3 N–H and O–H groups in total. The molecule has 12 heteroatoms. The van der Waals surface area contributed by atoms with Crippen molar-refractivity contribution in [3.8, 4) is 11.6 Å². The minimum absolute atomic E-state index is 0.0789. The summed E-state index contributed by atoms with van der Waals surface area (Å²) in [5, 5.41) is 11.7. The van der Waals surface area contributed by atoms with Crippen LogP contribution in [0, 0.1) is 0 Å². The lowest BCUT2D eigenvalue weighted by molar-refractivity contribution is -0.00732. The second-order valence-corrected chi connectivity index (χ2v) is 6.96. The van der Waals surface area contributed by atoms with Gasteiger partial charge < -0.3 is 14.6 Å². The lowest BCUT2D eigenvalue weighted by Crippen LogP contribution is -2.35. The number of aliphatic hydroxyl groups excluding tert-OH is 1. The van der Waals surface area contributed by atoms with Crippen molar-refractivity contribution < 1.29 is 36.6 Å². The predicted octanol–water partition coefficient (Wildman–Crippen LogP) is 1.91. The van der Waals surface area contributed by atoms with Crippen molar-refractivity contribution in [3.63, 3.8) is 0 Å². The minimum Gasteiger partial charge on any atom is -0.496 e. The van der Waals surface area contributed by atoms with Crippen LogP contribution in [0.4, 0.5) is 19.4 Å². The number of nitrogens with one attached hydrogen (secondary N) is 2. The Kier molecular flexibility index (Phi) is 6.70. The number of halogens is 2. The van der Waals surface area contributed by atoms with Gasteiger partial charge in [0.2, 0.25) is 5.88 Å². The van der Waals surface area contributed by atoms with Gasteiger partial charge in [-0.25, -0.2) is 26.7 Å². The van der Waals surface area contributed by atoms with Gasteiger partial charge >= 0.3 is 6.03 Å². The van der Waals surface area contributed by atoms with Crippen molar-refractivity contribution in [1.29, 1.82) is 0 Å². The largest absolute Gasteiger partial charge is 0.496 e. The van der Waals surface area contributed by atoms with Crippen LogP contribution in [0.2, 0.25) is 0 Å². The smallest absolute Gasteiger partial charge is 0.334 e. The highest BCUT2D eigenvalue weighted by molar-refractivity contribution is 7.90. The maximum atomic E-state index is 12.8. The molecule has 0 fully saturated rings. The first kappa shape index (κ1) is 21.3. The zero-order chi connectivity index (χ0) is 20.9. The van der Waals surface area contributed by atoms with E-state index in [0.29, 0.717) is 0 Å². The van der Waals surface area contributed by atoms with Crippen LogP contribution in [0.3, 0.4) is 0 Å². The van der Waals surface area contributed by atoms with E-state index in [0.717, 1.165) is 12.1 Å². The number of carbonyl (C=O) groups is 1. The molecule has 1 unspecified atom stereocenters. The van der Waals surface area contributed by atoms with Gasteiger partial charge in [0.1, 0.15) is 17.7 Å². The predicted molar refractivity (Wildman–Crippen MR) is 94.1 cm³/mol. The zero-order valence-corrected chi connectivity index (χ0v) is 15.5. The van der Waals surface area contributed by atoms with E-state index < -0.39 is 39.0 Å². The number of ether oxygens (including phenoxy) is 2. The Labute approximate surface area is 159 Å². The third-order valence-electron chi connectivity index (χ3n) is 3.45. The Balaban J connectivity index is 2.25. The second kappa shape index (κ2) is 8.80. The third-order valence-corrected chi connectivity index (χ3v) is 4.86. The van der Waals surface area contributed by atoms with Gasteiger partial charge in [0.15, 0.2) is 0 Å². The summed E-state index contributed by atoms with van der Waals surface area (Å²) in [5.41, 5.74) is -0.543. The van der Waals surface area contributed by atoms with Gasteiger partial charge in [0.05, 0.1) is 19.1 Å². The summed E-state index contributed by atoms with van der Waals surface area (Å²) in [7, 11) is -1.86. The molecule has 0 saturated heterocycles. The number of pyridine rings is 1. The molecule has 1 heterocycles. The van der Waals surface area contributed by atoms with Gasteiger partial charge in [0.25, 0.3) is 16.4 Å². The minimum atomic E-state index is -4.57. The molecule has 2 amide bonds. The highest BCUT2D eigenvalue weighted by atomic mass is 32.2. The maximum Gasteiger partial charge on any atom is 0.334 e. The Hall–Kier alpha value is -2.99. The fourth-order valence-electron chi connectivity index (χ4n) is 2.19. The summed E-state index contributed by atoms with van der Waals surface area (Å²) < 4.78 is 62.1. The topological polar surface area (TPSA) is 127 Å². The van der Waals surface area contributed by atoms with Gasteiger partial charge in [-0.05, 0) is 6.07 Å². The standard InChI is InChI=1S/C16H17F2N3O6S/c1-26-9-7-12(19-13(8-9)27-2)20-16(23)21-28(24,25)11-6-4-3-5-10(11)14(22)15(17)18/h3-8,14-15,22H,1-2H3,(H2,19,20,21,23). The molecule has 0 aliphatic rings. The number of benzene rings is 1. The van der Waals surface area contributed by atoms with E-state index in [9.17, 15) is 27.1 Å². The van der Waals surface area contributed by atoms with Gasteiger partial charge in [-0.15, -0.1) is 0 Å². The van der Waals surface area contributed by atoms with Gasteiger partial charge in [-0.1, -0.05) is 18.2 Å². The number of aromatic nitrogens is 1. The molecule has 0 saturated carbocycles. The fourth-order valence-corrected chi connectivity index (χ4v) is 3.35.